The summed E-state index contributed by atoms with van der Waals surface area (Å²) < 4.78 is 0.258. The van der Waals surface area contributed by atoms with E-state index in [1.807, 2.05) is 6.07 Å². The van der Waals surface area contributed by atoms with Gasteiger partial charge in [0.15, 0.2) is 5.82 Å². The third-order valence-corrected chi connectivity index (χ3v) is 3.12. The van der Waals surface area contributed by atoms with E-state index in [0.29, 0.717) is 22.1 Å². The highest BCUT2D eigenvalue weighted by Crippen LogP contribution is 2.25. The van der Waals surface area contributed by atoms with Crippen molar-refractivity contribution in [1.29, 1.82) is 5.26 Å². The molecule has 0 atom stereocenters. The van der Waals surface area contributed by atoms with Gasteiger partial charge in [-0.25, -0.2) is 4.98 Å². The van der Waals surface area contributed by atoms with Crippen molar-refractivity contribution in [2.45, 2.75) is 0 Å². The fourth-order valence-electron chi connectivity index (χ4n) is 1.32. The molecule has 7 heteroatoms. The van der Waals surface area contributed by atoms with E-state index in [1.54, 1.807) is 18.2 Å². The van der Waals surface area contributed by atoms with Gasteiger partial charge in [-0.2, -0.15) is 5.26 Å². The molecule has 0 fully saturated rings. The number of nitriles is 1. The van der Waals surface area contributed by atoms with Crippen LogP contribution in [-0.2, 0) is 0 Å². The van der Waals surface area contributed by atoms with Gasteiger partial charge >= 0.3 is 0 Å². The molecule has 0 amide bonds. The number of aromatic nitrogens is 2. The molecule has 0 aliphatic carbocycles. The van der Waals surface area contributed by atoms with Crippen molar-refractivity contribution in [3.05, 3.63) is 49.9 Å². The predicted octanol–water partition coefficient (Wildman–Crippen LogP) is 2.80. The van der Waals surface area contributed by atoms with Crippen LogP contribution in [0.1, 0.15) is 5.56 Å². The Morgan fingerprint density at radius 2 is 2.28 bits per heavy atom. The summed E-state index contributed by atoms with van der Waals surface area (Å²) in [4.78, 5) is 17.8. The largest absolute Gasteiger partial charge is 0.338 e. The number of nitrogens with zero attached hydrogens (tertiary/aromatic N) is 2. The molecule has 1 aromatic heterocycles. The minimum atomic E-state index is -0.312. The van der Waals surface area contributed by atoms with Crippen molar-refractivity contribution >= 4 is 39.0 Å². The van der Waals surface area contributed by atoms with Gasteiger partial charge in [-0.1, -0.05) is 11.6 Å². The zero-order valence-corrected chi connectivity index (χ0v) is 11.2. The van der Waals surface area contributed by atoms with E-state index in [1.165, 1.54) is 6.33 Å². The van der Waals surface area contributed by atoms with E-state index >= 15 is 0 Å². The summed E-state index contributed by atoms with van der Waals surface area (Å²) in [6.07, 6.45) is 1.27. The normalized spacial score (nSPS) is 9.83. The van der Waals surface area contributed by atoms with Gasteiger partial charge in [-0.3, -0.25) is 4.79 Å². The Balaban J connectivity index is 2.46. The number of H-pyrrole nitrogens is 1. The number of anilines is 2. The van der Waals surface area contributed by atoms with Gasteiger partial charge in [0.2, 0.25) is 0 Å². The van der Waals surface area contributed by atoms with Crippen LogP contribution in [0.15, 0.2) is 33.8 Å². The Morgan fingerprint density at radius 1 is 1.50 bits per heavy atom. The molecule has 0 unspecified atom stereocenters. The summed E-state index contributed by atoms with van der Waals surface area (Å²) in [5.74, 6) is 0.317. The van der Waals surface area contributed by atoms with Crippen LogP contribution in [0.25, 0.3) is 0 Å². The number of halogens is 2. The fourth-order valence-corrected chi connectivity index (χ4v) is 1.80. The molecule has 0 spiro atoms. The Bertz CT molecular complexity index is 692. The number of nitrogens with one attached hydrogen (secondary N) is 2. The van der Waals surface area contributed by atoms with Gasteiger partial charge in [0, 0.05) is 5.02 Å². The zero-order chi connectivity index (χ0) is 13.1. The number of hydrogen-bond acceptors (Lipinski definition) is 4. The molecular weight excluding hydrogens is 320 g/mol. The lowest BCUT2D eigenvalue weighted by atomic mass is 10.2. The topological polar surface area (TPSA) is 81.6 Å². The number of hydrogen-bond donors (Lipinski definition) is 2. The van der Waals surface area contributed by atoms with Crippen LogP contribution < -0.4 is 10.9 Å². The van der Waals surface area contributed by atoms with E-state index in [0.717, 1.165) is 0 Å². The quantitative estimate of drug-likeness (QED) is 0.889. The van der Waals surface area contributed by atoms with Crippen LogP contribution in [0.5, 0.6) is 0 Å². The molecule has 0 saturated carbocycles. The standard InChI is InChI=1S/C11H6BrClN4O/c12-9-10(15-5-16-11(9)18)17-8-3-7(13)2-1-6(8)4-14/h1-3,5H,(H2,15,16,17,18). The lowest BCUT2D eigenvalue weighted by molar-refractivity contribution is 1.10. The van der Waals surface area contributed by atoms with Gasteiger partial charge in [0.25, 0.3) is 5.56 Å². The van der Waals surface area contributed by atoms with E-state index in [9.17, 15) is 4.79 Å². The van der Waals surface area contributed by atoms with Crippen molar-refractivity contribution < 1.29 is 0 Å². The predicted molar refractivity (Wildman–Crippen MR) is 72.0 cm³/mol. The van der Waals surface area contributed by atoms with Crippen LogP contribution in [0.3, 0.4) is 0 Å². The molecule has 18 heavy (non-hydrogen) atoms. The average Bonchev–Trinajstić information content (AvgIpc) is 2.35. The van der Waals surface area contributed by atoms with Gasteiger partial charge in [0.1, 0.15) is 10.5 Å². The van der Waals surface area contributed by atoms with E-state index < -0.39 is 0 Å². The molecule has 90 valence electrons. The first-order valence-electron chi connectivity index (χ1n) is 4.81. The van der Waals surface area contributed by atoms with E-state index in [4.69, 9.17) is 16.9 Å². The third kappa shape index (κ3) is 2.53. The van der Waals surface area contributed by atoms with Gasteiger partial charge in [-0.05, 0) is 34.1 Å². The molecular formula is C11H6BrClN4O. The molecule has 0 radical (unpaired) electrons. The van der Waals surface area contributed by atoms with Gasteiger partial charge < -0.3 is 10.3 Å². The van der Waals surface area contributed by atoms with Crippen molar-refractivity contribution in [1.82, 2.24) is 9.97 Å². The van der Waals surface area contributed by atoms with Crippen molar-refractivity contribution in [2.75, 3.05) is 5.32 Å². The number of rotatable bonds is 2. The lowest BCUT2D eigenvalue weighted by Gasteiger charge is -2.08. The van der Waals surface area contributed by atoms with Crippen molar-refractivity contribution in [3.63, 3.8) is 0 Å². The molecule has 1 aromatic carbocycles. The second-order valence-electron chi connectivity index (χ2n) is 3.32. The SMILES string of the molecule is N#Cc1ccc(Cl)cc1Nc1nc[nH]c(=O)c1Br. The third-order valence-electron chi connectivity index (χ3n) is 2.15. The monoisotopic (exact) mass is 324 g/mol. The molecule has 2 rings (SSSR count). The molecule has 0 bridgehead atoms. The second-order valence-corrected chi connectivity index (χ2v) is 4.55. The van der Waals surface area contributed by atoms with Gasteiger partial charge in [0.05, 0.1) is 17.6 Å². The second kappa shape index (κ2) is 5.21. The molecule has 0 aliphatic rings. The van der Waals surface area contributed by atoms with Crippen LogP contribution in [0.4, 0.5) is 11.5 Å². The van der Waals surface area contributed by atoms with E-state index in [-0.39, 0.29) is 10.0 Å². The Labute approximate surface area is 116 Å². The summed E-state index contributed by atoms with van der Waals surface area (Å²) in [5.41, 5.74) is 0.588. The Morgan fingerprint density at radius 3 is 3.00 bits per heavy atom. The summed E-state index contributed by atoms with van der Waals surface area (Å²) in [6, 6.07) is 6.83. The van der Waals surface area contributed by atoms with Gasteiger partial charge in [-0.15, -0.1) is 0 Å². The molecule has 2 N–H and O–H groups in total. The minimum Gasteiger partial charge on any atom is -0.338 e. The summed E-state index contributed by atoms with van der Waals surface area (Å²) >= 11 is 8.98. The Hall–Kier alpha value is -1.84. The van der Waals surface area contributed by atoms with E-state index in [2.05, 4.69) is 31.2 Å². The van der Waals surface area contributed by atoms with Crippen LogP contribution in [0.2, 0.25) is 5.02 Å². The highest BCUT2D eigenvalue weighted by Gasteiger charge is 2.08. The smallest absolute Gasteiger partial charge is 0.267 e. The maximum absolute atomic E-state index is 11.4. The first-order valence-corrected chi connectivity index (χ1v) is 5.99. The number of aromatic amines is 1. The van der Waals surface area contributed by atoms with Crippen molar-refractivity contribution in [3.8, 4) is 6.07 Å². The maximum Gasteiger partial charge on any atom is 0.267 e. The maximum atomic E-state index is 11.4. The first-order chi connectivity index (χ1) is 8.61. The molecule has 2 aromatic rings. The molecule has 5 nitrogen and oxygen atoms in total. The number of benzene rings is 1. The zero-order valence-electron chi connectivity index (χ0n) is 8.87. The van der Waals surface area contributed by atoms with Crippen LogP contribution in [-0.4, -0.2) is 9.97 Å². The molecule has 0 saturated heterocycles. The average molecular weight is 326 g/mol. The summed E-state index contributed by atoms with van der Waals surface area (Å²) in [6.45, 7) is 0. The molecule has 1 heterocycles. The first kappa shape index (κ1) is 12.6. The summed E-state index contributed by atoms with van der Waals surface area (Å²) in [7, 11) is 0. The van der Waals surface area contributed by atoms with Crippen LogP contribution >= 0.6 is 27.5 Å². The molecule has 0 aliphatic heterocycles. The highest BCUT2D eigenvalue weighted by atomic mass is 79.9. The van der Waals surface area contributed by atoms with Crippen LogP contribution in [0, 0.1) is 11.3 Å². The lowest BCUT2D eigenvalue weighted by Crippen LogP contribution is -2.10. The highest BCUT2D eigenvalue weighted by molar-refractivity contribution is 9.10. The summed E-state index contributed by atoms with van der Waals surface area (Å²) in [5, 5.41) is 12.4. The minimum absolute atomic E-state index is 0.258. The van der Waals surface area contributed by atoms with Crippen molar-refractivity contribution in [2.24, 2.45) is 0 Å². The fraction of sp³-hybridized carbons (Fsp3) is 0. The Kier molecular flexibility index (Phi) is 3.65.